The van der Waals surface area contributed by atoms with Crippen molar-refractivity contribution in [3.05, 3.63) is 57.2 Å². The smallest absolute Gasteiger partial charge is 0.366 e. The van der Waals surface area contributed by atoms with Gasteiger partial charge in [-0.1, -0.05) is 45.7 Å². The van der Waals surface area contributed by atoms with Gasteiger partial charge >= 0.3 is 6.18 Å². The van der Waals surface area contributed by atoms with Crippen LogP contribution in [0.15, 0.2) is 40.9 Å². The first-order valence-corrected chi connectivity index (χ1v) is 6.75. The molecular formula is C13H9BrClF3N2. The van der Waals surface area contributed by atoms with E-state index in [2.05, 4.69) is 26.2 Å². The van der Waals surface area contributed by atoms with E-state index in [1.54, 1.807) is 0 Å². The molecule has 0 atom stereocenters. The van der Waals surface area contributed by atoms with Gasteiger partial charge in [-0.25, -0.2) is 4.98 Å². The predicted octanol–water partition coefficient (Wildman–Crippen LogP) is 5.13. The second-order valence-corrected chi connectivity index (χ2v) is 5.25. The molecule has 0 spiro atoms. The molecule has 2 rings (SSSR count). The summed E-state index contributed by atoms with van der Waals surface area (Å²) in [6.45, 7) is 0.339. The molecule has 1 aromatic heterocycles. The highest BCUT2D eigenvalue weighted by Crippen LogP contribution is 2.32. The molecular weight excluding hydrogens is 357 g/mol. The molecule has 0 fully saturated rings. The Hall–Kier alpha value is -1.27. The summed E-state index contributed by atoms with van der Waals surface area (Å²) in [4.78, 5) is 3.83. The number of pyridine rings is 1. The van der Waals surface area contributed by atoms with Gasteiger partial charge in [0, 0.05) is 11.0 Å². The third kappa shape index (κ3) is 3.86. The Morgan fingerprint density at radius 2 is 1.90 bits per heavy atom. The number of halogens is 5. The number of hydrogen-bond donors (Lipinski definition) is 1. The van der Waals surface area contributed by atoms with E-state index in [-0.39, 0.29) is 11.0 Å². The molecule has 20 heavy (non-hydrogen) atoms. The van der Waals surface area contributed by atoms with Gasteiger partial charge in [-0.05, 0) is 23.8 Å². The lowest BCUT2D eigenvalue weighted by Crippen LogP contribution is -2.08. The van der Waals surface area contributed by atoms with E-state index in [9.17, 15) is 13.2 Å². The maximum atomic E-state index is 12.7. The maximum Gasteiger partial charge on any atom is 0.416 e. The topological polar surface area (TPSA) is 24.9 Å². The van der Waals surface area contributed by atoms with Crippen LogP contribution >= 0.6 is 27.5 Å². The number of aromatic nitrogens is 1. The highest BCUT2D eigenvalue weighted by molar-refractivity contribution is 9.10. The zero-order valence-electron chi connectivity index (χ0n) is 10.0. The molecule has 2 aromatic rings. The van der Waals surface area contributed by atoms with Crippen molar-refractivity contribution in [1.29, 1.82) is 0 Å². The lowest BCUT2D eigenvalue weighted by molar-refractivity contribution is -0.137. The van der Waals surface area contributed by atoms with Crippen LogP contribution in [0.4, 0.5) is 19.0 Å². The Bertz CT molecular complexity index is 617. The lowest BCUT2D eigenvalue weighted by Gasteiger charge is -2.11. The van der Waals surface area contributed by atoms with Gasteiger partial charge in [-0.3, -0.25) is 0 Å². The summed E-state index contributed by atoms with van der Waals surface area (Å²) in [7, 11) is 0. The average molecular weight is 366 g/mol. The minimum absolute atomic E-state index is 0.0839. The molecule has 2 nitrogen and oxygen atoms in total. The fourth-order valence-electron chi connectivity index (χ4n) is 1.58. The van der Waals surface area contributed by atoms with E-state index in [0.29, 0.717) is 6.54 Å². The Labute approximate surface area is 127 Å². The van der Waals surface area contributed by atoms with Gasteiger partial charge in [0.1, 0.15) is 11.0 Å². The number of alkyl halides is 3. The van der Waals surface area contributed by atoms with Crippen molar-refractivity contribution >= 4 is 33.3 Å². The highest BCUT2D eigenvalue weighted by Gasteiger charge is 2.31. The van der Waals surface area contributed by atoms with Crippen molar-refractivity contribution in [2.75, 3.05) is 5.32 Å². The van der Waals surface area contributed by atoms with E-state index in [1.165, 1.54) is 0 Å². The molecule has 1 aromatic carbocycles. The summed E-state index contributed by atoms with van der Waals surface area (Å²) in [5.74, 6) is 0.0839. The summed E-state index contributed by atoms with van der Waals surface area (Å²) in [5, 5.41) is 2.63. The van der Waals surface area contributed by atoms with E-state index in [1.807, 2.05) is 24.3 Å². The highest BCUT2D eigenvalue weighted by atomic mass is 79.9. The second kappa shape index (κ2) is 6.01. The van der Waals surface area contributed by atoms with Gasteiger partial charge in [-0.15, -0.1) is 0 Å². The molecule has 7 heteroatoms. The minimum Gasteiger partial charge on any atom is -0.366 e. The molecule has 0 bridgehead atoms. The summed E-state index contributed by atoms with van der Waals surface area (Å²) >= 11 is 8.97. The molecule has 0 amide bonds. The molecule has 0 radical (unpaired) electrons. The predicted molar refractivity (Wildman–Crippen MR) is 75.7 cm³/mol. The number of hydrogen-bond acceptors (Lipinski definition) is 2. The molecule has 106 valence electrons. The number of anilines is 1. The number of nitrogens with zero attached hydrogens (tertiary/aromatic N) is 1. The zero-order chi connectivity index (χ0) is 14.8. The normalized spacial score (nSPS) is 11.4. The Balaban J connectivity index is 2.18. The maximum absolute atomic E-state index is 12.7. The Morgan fingerprint density at radius 3 is 2.55 bits per heavy atom. The third-order valence-electron chi connectivity index (χ3n) is 2.54. The Kier molecular flexibility index (Phi) is 4.55. The summed E-state index contributed by atoms with van der Waals surface area (Å²) in [6.07, 6.45) is -4.45. The van der Waals surface area contributed by atoms with Crippen LogP contribution in [-0.4, -0.2) is 4.98 Å². The van der Waals surface area contributed by atoms with Gasteiger partial charge in [0.2, 0.25) is 0 Å². The Morgan fingerprint density at radius 1 is 1.20 bits per heavy atom. The molecule has 0 saturated heterocycles. The number of benzene rings is 1. The van der Waals surface area contributed by atoms with Crippen molar-refractivity contribution in [3.63, 3.8) is 0 Å². The van der Waals surface area contributed by atoms with Crippen LogP contribution in [0.25, 0.3) is 0 Å². The number of nitrogens with one attached hydrogen (secondary N) is 1. The first-order chi connectivity index (χ1) is 9.36. The minimum atomic E-state index is -4.45. The van der Waals surface area contributed by atoms with Crippen LogP contribution in [0, 0.1) is 0 Å². The van der Waals surface area contributed by atoms with E-state index in [0.717, 1.165) is 22.2 Å². The van der Waals surface area contributed by atoms with Gasteiger partial charge < -0.3 is 5.32 Å². The molecule has 0 unspecified atom stereocenters. The van der Waals surface area contributed by atoms with Gasteiger partial charge in [0.05, 0.1) is 5.56 Å². The van der Waals surface area contributed by atoms with E-state index in [4.69, 9.17) is 11.6 Å². The van der Waals surface area contributed by atoms with Crippen molar-refractivity contribution in [2.24, 2.45) is 0 Å². The third-order valence-corrected chi connectivity index (χ3v) is 3.51. The van der Waals surface area contributed by atoms with E-state index < -0.39 is 11.7 Å². The second-order valence-electron chi connectivity index (χ2n) is 4.01. The molecule has 1 heterocycles. The monoisotopic (exact) mass is 364 g/mol. The average Bonchev–Trinajstić information content (AvgIpc) is 2.36. The molecule has 0 aliphatic heterocycles. The zero-order valence-corrected chi connectivity index (χ0v) is 12.4. The van der Waals surface area contributed by atoms with Crippen LogP contribution < -0.4 is 5.32 Å². The largest absolute Gasteiger partial charge is 0.416 e. The quantitative estimate of drug-likeness (QED) is 0.763. The first kappa shape index (κ1) is 15.1. The molecule has 0 aliphatic rings. The molecule has 0 saturated carbocycles. The molecule has 1 N–H and O–H groups in total. The van der Waals surface area contributed by atoms with Crippen LogP contribution in [0.5, 0.6) is 0 Å². The van der Waals surface area contributed by atoms with Gasteiger partial charge in [-0.2, -0.15) is 13.2 Å². The lowest BCUT2D eigenvalue weighted by atomic mass is 10.2. The SMILES string of the molecule is FC(F)(F)c1cc(Cl)nc(NCc2ccccc2Br)c1. The van der Waals surface area contributed by atoms with Crippen molar-refractivity contribution in [1.82, 2.24) is 4.98 Å². The van der Waals surface area contributed by atoms with E-state index >= 15 is 0 Å². The van der Waals surface area contributed by atoms with Crippen LogP contribution in [-0.2, 0) is 12.7 Å². The first-order valence-electron chi connectivity index (χ1n) is 5.58. The summed E-state index contributed by atoms with van der Waals surface area (Å²) in [6, 6.07) is 9.13. The van der Waals surface area contributed by atoms with Gasteiger partial charge in [0.25, 0.3) is 0 Å². The van der Waals surface area contributed by atoms with Crippen LogP contribution in [0.1, 0.15) is 11.1 Å². The summed E-state index contributed by atoms with van der Waals surface area (Å²) in [5.41, 5.74) is 0.0787. The standard InChI is InChI=1S/C13H9BrClF3N2/c14-10-4-2-1-3-8(10)7-19-12-6-9(13(16,17)18)5-11(15)20-12/h1-6H,7H2,(H,19,20). The summed E-state index contributed by atoms with van der Waals surface area (Å²) < 4.78 is 38.8. The fraction of sp³-hybridized carbons (Fsp3) is 0.154. The van der Waals surface area contributed by atoms with Crippen molar-refractivity contribution in [2.45, 2.75) is 12.7 Å². The molecule has 0 aliphatic carbocycles. The fourth-order valence-corrected chi connectivity index (χ4v) is 2.21. The van der Waals surface area contributed by atoms with Crippen LogP contribution in [0.3, 0.4) is 0 Å². The van der Waals surface area contributed by atoms with Crippen molar-refractivity contribution < 1.29 is 13.2 Å². The van der Waals surface area contributed by atoms with Crippen LogP contribution in [0.2, 0.25) is 5.15 Å². The van der Waals surface area contributed by atoms with Crippen molar-refractivity contribution in [3.8, 4) is 0 Å². The van der Waals surface area contributed by atoms with Gasteiger partial charge in [0.15, 0.2) is 0 Å². The number of rotatable bonds is 3.